The fraction of sp³-hybridized carbons (Fsp3) is 0.250. The van der Waals surface area contributed by atoms with Gasteiger partial charge in [0.2, 0.25) is 5.82 Å². The number of anilines is 1. The lowest BCUT2D eigenvalue weighted by atomic mass is 10.2. The average molecular weight is 409 g/mol. The van der Waals surface area contributed by atoms with Crippen LogP contribution < -0.4 is 5.73 Å². The summed E-state index contributed by atoms with van der Waals surface area (Å²) in [6.45, 7) is 1.64. The molecule has 5 rings (SSSR count). The van der Waals surface area contributed by atoms with Gasteiger partial charge in [0.05, 0.1) is 25.0 Å². The minimum absolute atomic E-state index is 0.118. The van der Waals surface area contributed by atoms with Gasteiger partial charge >= 0.3 is 0 Å². The molecular weight excluding hydrogens is 392 g/mol. The molecule has 1 aliphatic heterocycles. The molecule has 0 saturated carbocycles. The van der Waals surface area contributed by atoms with Crippen LogP contribution in [0.1, 0.15) is 24.3 Å². The van der Waals surface area contributed by atoms with Crippen LogP contribution in [0.5, 0.6) is 0 Å². The summed E-state index contributed by atoms with van der Waals surface area (Å²) in [5.41, 5.74) is 7.08. The maximum Gasteiger partial charge on any atom is 0.218 e. The highest BCUT2D eigenvalue weighted by Crippen LogP contribution is 2.22. The van der Waals surface area contributed by atoms with E-state index in [0.29, 0.717) is 34.7 Å². The maximum absolute atomic E-state index is 6.07. The normalized spacial score (nSPS) is 16.9. The minimum atomic E-state index is 0.118. The first-order chi connectivity index (χ1) is 14.2. The smallest absolute Gasteiger partial charge is 0.218 e. The molecule has 0 aromatic carbocycles. The monoisotopic (exact) mass is 408 g/mol. The lowest BCUT2D eigenvalue weighted by Gasteiger charge is -2.18. The molecule has 1 saturated heterocycles. The number of halogens is 1. The number of hydrogen-bond acceptors (Lipinski definition) is 7. The van der Waals surface area contributed by atoms with Crippen molar-refractivity contribution in [3.63, 3.8) is 0 Å². The fourth-order valence-electron chi connectivity index (χ4n) is 3.46. The Kier molecular flexibility index (Phi) is 4.46. The number of rotatable bonds is 3. The van der Waals surface area contributed by atoms with E-state index >= 15 is 0 Å². The summed E-state index contributed by atoms with van der Waals surface area (Å²) in [6.07, 6.45) is 5.37. The summed E-state index contributed by atoms with van der Waals surface area (Å²) >= 11 is 5.87. The second-order valence-electron chi connectivity index (χ2n) is 6.80. The van der Waals surface area contributed by atoms with Crippen LogP contribution in [-0.4, -0.2) is 37.1 Å². The van der Waals surface area contributed by atoms with Gasteiger partial charge in [-0.3, -0.25) is 4.90 Å². The van der Waals surface area contributed by atoms with Crippen molar-refractivity contribution < 1.29 is 8.83 Å². The Morgan fingerprint density at radius 1 is 1.28 bits per heavy atom. The van der Waals surface area contributed by atoms with E-state index in [1.165, 1.54) is 0 Å². The Hall–Kier alpha value is -3.28. The van der Waals surface area contributed by atoms with Crippen LogP contribution in [0.2, 0.25) is 5.22 Å². The molecule has 5 heterocycles. The quantitative estimate of drug-likeness (QED) is 0.519. The first kappa shape index (κ1) is 17.8. The van der Waals surface area contributed by atoms with Crippen LogP contribution in [0.3, 0.4) is 0 Å². The van der Waals surface area contributed by atoms with Gasteiger partial charge in [0.15, 0.2) is 22.4 Å². The van der Waals surface area contributed by atoms with Crippen LogP contribution in [0.25, 0.3) is 17.2 Å². The molecule has 9 heteroatoms. The van der Waals surface area contributed by atoms with Crippen LogP contribution in [0.4, 0.5) is 5.82 Å². The fourth-order valence-corrected chi connectivity index (χ4v) is 3.62. The standard InChI is InChI=1S/C20H17ClN6O2/c21-17-8-7-15(29-17)12-26-9-1-3-14(26)6-5-13-11-27-20(18(22)23-13)24-19(25-27)16-4-2-10-28-16/h2,4,7-8,10-11,14H,1,3,9,12H2,(H2,22,23)/t14-/m1/s1. The number of nitrogens with two attached hydrogens (primary N) is 1. The van der Waals surface area contributed by atoms with Crippen molar-refractivity contribution in [3.8, 4) is 23.4 Å². The zero-order valence-electron chi connectivity index (χ0n) is 15.4. The summed E-state index contributed by atoms with van der Waals surface area (Å²) in [7, 11) is 0. The van der Waals surface area contributed by atoms with Crippen LogP contribution in [0, 0.1) is 11.8 Å². The third-order valence-electron chi connectivity index (χ3n) is 4.81. The van der Waals surface area contributed by atoms with E-state index in [1.807, 2.05) is 6.07 Å². The number of furan rings is 2. The molecule has 0 bridgehead atoms. The van der Waals surface area contributed by atoms with E-state index in [0.717, 1.165) is 25.1 Å². The van der Waals surface area contributed by atoms with Gasteiger partial charge in [-0.15, -0.1) is 5.10 Å². The molecular formula is C20H17ClN6O2. The Morgan fingerprint density at radius 3 is 3.00 bits per heavy atom. The molecule has 2 N–H and O–H groups in total. The van der Waals surface area contributed by atoms with Crippen molar-refractivity contribution in [2.45, 2.75) is 25.4 Å². The summed E-state index contributed by atoms with van der Waals surface area (Å²) in [5.74, 6) is 8.57. The largest absolute Gasteiger partial charge is 0.461 e. The second-order valence-corrected chi connectivity index (χ2v) is 7.17. The molecule has 1 fully saturated rings. The molecule has 4 aromatic heterocycles. The van der Waals surface area contributed by atoms with E-state index in [2.05, 4.69) is 31.8 Å². The third kappa shape index (κ3) is 3.58. The second kappa shape index (κ2) is 7.28. The van der Waals surface area contributed by atoms with E-state index in [1.54, 1.807) is 35.2 Å². The van der Waals surface area contributed by atoms with Gasteiger partial charge < -0.3 is 14.6 Å². The number of hydrogen-bond donors (Lipinski definition) is 1. The van der Waals surface area contributed by atoms with Crippen molar-refractivity contribution in [2.75, 3.05) is 12.3 Å². The molecule has 1 aliphatic rings. The Balaban J connectivity index is 1.39. The van der Waals surface area contributed by atoms with Crippen molar-refractivity contribution in [1.82, 2.24) is 24.5 Å². The van der Waals surface area contributed by atoms with Gasteiger partial charge in [0.1, 0.15) is 11.5 Å². The molecule has 1 atom stereocenters. The Morgan fingerprint density at radius 2 is 2.21 bits per heavy atom. The highest BCUT2D eigenvalue weighted by atomic mass is 35.5. The molecule has 8 nitrogen and oxygen atoms in total. The first-order valence-electron chi connectivity index (χ1n) is 9.22. The summed E-state index contributed by atoms with van der Waals surface area (Å²) < 4.78 is 12.4. The van der Waals surface area contributed by atoms with Crippen LogP contribution >= 0.6 is 11.6 Å². The summed E-state index contributed by atoms with van der Waals surface area (Å²) in [5, 5.41) is 4.82. The summed E-state index contributed by atoms with van der Waals surface area (Å²) in [6, 6.07) is 7.34. The molecule has 0 spiro atoms. The maximum atomic E-state index is 6.07. The summed E-state index contributed by atoms with van der Waals surface area (Å²) in [4.78, 5) is 11.0. The molecule has 0 aliphatic carbocycles. The van der Waals surface area contributed by atoms with Gasteiger partial charge in [0, 0.05) is 0 Å². The van der Waals surface area contributed by atoms with Crippen molar-refractivity contribution in [1.29, 1.82) is 0 Å². The SMILES string of the molecule is Nc1nc(C#C[C@H]2CCCN2Cc2ccc(Cl)o2)cn2nc(-c3ccco3)nc12. The topological polar surface area (TPSA) is 98.6 Å². The number of likely N-dealkylation sites (tertiary alicyclic amines) is 1. The number of nitrogen functional groups attached to an aromatic ring is 1. The molecule has 0 radical (unpaired) electrons. The van der Waals surface area contributed by atoms with Gasteiger partial charge in [0.25, 0.3) is 0 Å². The van der Waals surface area contributed by atoms with Crippen LogP contribution in [0.15, 0.2) is 45.6 Å². The highest BCUT2D eigenvalue weighted by molar-refractivity contribution is 6.28. The van der Waals surface area contributed by atoms with Crippen molar-refractivity contribution >= 4 is 23.1 Å². The molecule has 4 aromatic rings. The molecule has 29 heavy (non-hydrogen) atoms. The van der Waals surface area contributed by atoms with Gasteiger partial charge in [-0.1, -0.05) is 5.92 Å². The minimum Gasteiger partial charge on any atom is -0.461 e. The highest BCUT2D eigenvalue weighted by Gasteiger charge is 2.23. The number of fused-ring (bicyclic) bond motifs is 1. The van der Waals surface area contributed by atoms with E-state index < -0.39 is 0 Å². The van der Waals surface area contributed by atoms with Crippen molar-refractivity contribution in [3.05, 3.63) is 53.4 Å². The third-order valence-corrected chi connectivity index (χ3v) is 5.01. The predicted octanol–water partition coefficient (Wildman–Crippen LogP) is 3.23. The zero-order chi connectivity index (χ0) is 19.8. The van der Waals surface area contributed by atoms with Crippen LogP contribution in [-0.2, 0) is 6.54 Å². The van der Waals surface area contributed by atoms with E-state index in [-0.39, 0.29) is 11.9 Å². The number of aromatic nitrogens is 4. The molecule has 0 unspecified atom stereocenters. The zero-order valence-corrected chi connectivity index (χ0v) is 16.1. The Bertz CT molecular complexity index is 1220. The molecule has 0 amide bonds. The van der Waals surface area contributed by atoms with E-state index in [9.17, 15) is 0 Å². The lowest BCUT2D eigenvalue weighted by molar-refractivity contribution is 0.262. The average Bonchev–Trinajstić information content (AvgIpc) is 3.48. The predicted molar refractivity (Wildman–Crippen MR) is 107 cm³/mol. The number of nitrogens with zero attached hydrogens (tertiary/aromatic N) is 5. The van der Waals surface area contributed by atoms with E-state index in [4.69, 9.17) is 26.2 Å². The lowest BCUT2D eigenvalue weighted by Crippen LogP contribution is -2.27. The Labute approximate surface area is 171 Å². The van der Waals surface area contributed by atoms with Gasteiger partial charge in [-0.05, 0) is 61.2 Å². The first-order valence-corrected chi connectivity index (χ1v) is 9.60. The van der Waals surface area contributed by atoms with Gasteiger partial charge in [-0.2, -0.15) is 0 Å². The van der Waals surface area contributed by atoms with Crippen molar-refractivity contribution in [2.24, 2.45) is 0 Å². The molecule has 146 valence electrons. The van der Waals surface area contributed by atoms with Gasteiger partial charge in [-0.25, -0.2) is 14.5 Å².